The number of alkyl halides is 6. The standard InChI is InChI=1S/C22H25F6N3O2S/c1-12(2)8-29-19(32)17-11-34-18(30-17)10-31(9-13(3)4)20(33)14-5-15(21(23,24)25)7-16(6-14)22(26,27)28/h5-7,11-13H,8-10H2,1-4H3,(H,29,32). The number of benzene rings is 1. The van der Waals surface area contributed by atoms with Gasteiger partial charge in [-0.25, -0.2) is 4.98 Å². The molecule has 34 heavy (non-hydrogen) atoms. The molecule has 0 unspecified atom stereocenters. The molecule has 2 aromatic rings. The Balaban J connectivity index is 2.36. The lowest BCUT2D eigenvalue weighted by molar-refractivity contribution is -0.143. The molecule has 0 spiro atoms. The van der Waals surface area contributed by atoms with Crippen LogP contribution in [-0.2, 0) is 18.9 Å². The summed E-state index contributed by atoms with van der Waals surface area (Å²) in [6, 6.07) is 0.807. The third-order valence-corrected chi connectivity index (χ3v) is 5.32. The fraction of sp³-hybridized carbons (Fsp3) is 0.500. The van der Waals surface area contributed by atoms with E-state index in [-0.39, 0.29) is 36.7 Å². The van der Waals surface area contributed by atoms with Crippen molar-refractivity contribution in [3.63, 3.8) is 0 Å². The molecule has 5 nitrogen and oxygen atoms in total. The van der Waals surface area contributed by atoms with Gasteiger partial charge in [-0.15, -0.1) is 11.3 Å². The van der Waals surface area contributed by atoms with Gasteiger partial charge in [0.2, 0.25) is 0 Å². The number of hydrogen-bond acceptors (Lipinski definition) is 4. The summed E-state index contributed by atoms with van der Waals surface area (Å²) < 4.78 is 79.3. The molecular weight excluding hydrogens is 484 g/mol. The summed E-state index contributed by atoms with van der Waals surface area (Å²) in [6.07, 6.45) is -10.1. The fourth-order valence-electron chi connectivity index (χ4n) is 2.96. The minimum absolute atomic E-state index is 0.0214. The number of carbonyl (C=O) groups excluding carboxylic acids is 2. The molecule has 0 atom stereocenters. The fourth-order valence-corrected chi connectivity index (χ4v) is 3.75. The molecule has 0 saturated carbocycles. The summed E-state index contributed by atoms with van der Waals surface area (Å²) >= 11 is 1.07. The molecule has 188 valence electrons. The minimum Gasteiger partial charge on any atom is -0.350 e. The molecule has 12 heteroatoms. The molecule has 0 radical (unpaired) electrons. The molecule has 1 heterocycles. The molecule has 0 aliphatic heterocycles. The van der Waals surface area contributed by atoms with Crippen LogP contribution in [-0.4, -0.2) is 34.8 Å². The SMILES string of the molecule is CC(C)CNC(=O)c1csc(CN(CC(C)C)C(=O)c2cc(C(F)(F)F)cc(C(F)(F)F)c2)n1. The van der Waals surface area contributed by atoms with E-state index >= 15 is 0 Å². The van der Waals surface area contributed by atoms with Gasteiger partial charge in [-0.05, 0) is 30.0 Å². The Morgan fingerprint density at radius 2 is 1.53 bits per heavy atom. The normalized spacial score (nSPS) is 12.4. The molecule has 2 rings (SSSR count). The zero-order valence-corrected chi connectivity index (χ0v) is 19.8. The molecule has 0 bridgehead atoms. The maximum atomic E-state index is 13.2. The van der Waals surface area contributed by atoms with Crippen molar-refractivity contribution in [1.29, 1.82) is 0 Å². The van der Waals surface area contributed by atoms with Gasteiger partial charge >= 0.3 is 12.4 Å². The highest BCUT2D eigenvalue weighted by Crippen LogP contribution is 2.36. The maximum absolute atomic E-state index is 13.2. The molecule has 1 aromatic heterocycles. The van der Waals surface area contributed by atoms with E-state index in [0.29, 0.717) is 23.7 Å². The highest BCUT2D eigenvalue weighted by Gasteiger charge is 2.38. The van der Waals surface area contributed by atoms with Crippen LogP contribution in [0.15, 0.2) is 23.6 Å². The number of carbonyl (C=O) groups is 2. The van der Waals surface area contributed by atoms with Gasteiger partial charge in [-0.1, -0.05) is 27.7 Å². The third-order valence-electron chi connectivity index (χ3n) is 4.49. The van der Waals surface area contributed by atoms with Crippen LogP contribution in [0, 0.1) is 11.8 Å². The van der Waals surface area contributed by atoms with E-state index in [4.69, 9.17) is 0 Å². The lowest BCUT2D eigenvalue weighted by atomic mass is 10.0. The summed E-state index contributed by atoms with van der Waals surface area (Å²) in [5, 5.41) is 4.51. The van der Waals surface area contributed by atoms with Gasteiger partial charge in [0.15, 0.2) is 0 Å². The minimum atomic E-state index is -5.06. The average Bonchev–Trinajstić information content (AvgIpc) is 3.17. The second-order valence-electron chi connectivity index (χ2n) is 8.60. The van der Waals surface area contributed by atoms with Crippen LogP contribution in [0.25, 0.3) is 0 Å². The van der Waals surface area contributed by atoms with Gasteiger partial charge in [0.05, 0.1) is 17.7 Å². The number of halogens is 6. The van der Waals surface area contributed by atoms with Crippen molar-refractivity contribution in [3.05, 3.63) is 51.0 Å². The Kier molecular flexibility index (Phi) is 8.73. The number of nitrogens with one attached hydrogen (secondary N) is 1. The predicted molar refractivity (Wildman–Crippen MR) is 115 cm³/mol. The Hall–Kier alpha value is -2.63. The van der Waals surface area contributed by atoms with Crippen molar-refractivity contribution in [3.8, 4) is 0 Å². The van der Waals surface area contributed by atoms with Crippen molar-refractivity contribution in [1.82, 2.24) is 15.2 Å². The van der Waals surface area contributed by atoms with Crippen LogP contribution in [0.2, 0.25) is 0 Å². The molecule has 2 amide bonds. The largest absolute Gasteiger partial charge is 0.416 e. The number of hydrogen-bond donors (Lipinski definition) is 1. The Labute approximate surface area is 197 Å². The van der Waals surface area contributed by atoms with Crippen LogP contribution in [0.3, 0.4) is 0 Å². The summed E-state index contributed by atoms with van der Waals surface area (Å²) in [7, 11) is 0. The average molecular weight is 510 g/mol. The summed E-state index contributed by atoms with van der Waals surface area (Å²) in [6.45, 7) is 7.66. The smallest absolute Gasteiger partial charge is 0.350 e. The zero-order valence-electron chi connectivity index (χ0n) is 19.0. The molecular formula is C22H25F6N3O2S. The highest BCUT2D eigenvalue weighted by atomic mass is 32.1. The summed E-state index contributed by atoms with van der Waals surface area (Å²) in [4.78, 5) is 30.5. The van der Waals surface area contributed by atoms with E-state index < -0.39 is 40.9 Å². The van der Waals surface area contributed by atoms with Crippen LogP contribution < -0.4 is 5.32 Å². The number of nitrogens with zero attached hydrogens (tertiary/aromatic N) is 2. The number of thiazole rings is 1. The van der Waals surface area contributed by atoms with Gasteiger partial charge in [-0.2, -0.15) is 26.3 Å². The second-order valence-corrected chi connectivity index (χ2v) is 9.55. The quantitative estimate of drug-likeness (QED) is 0.453. The van der Waals surface area contributed by atoms with Crippen molar-refractivity contribution < 1.29 is 35.9 Å². The first-order valence-electron chi connectivity index (χ1n) is 10.4. The van der Waals surface area contributed by atoms with Crippen molar-refractivity contribution in [2.45, 2.75) is 46.6 Å². The number of rotatable bonds is 8. The van der Waals surface area contributed by atoms with Gasteiger partial charge in [0, 0.05) is 24.0 Å². The second kappa shape index (κ2) is 10.7. The van der Waals surface area contributed by atoms with Gasteiger partial charge in [0.25, 0.3) is 11.8 Å². The van der Waals surface area contributed by atoms with Crippen molar-refractivity contribution >= 4 is 23.2 Å². The van der Waals surface area contributed by atoms with E-state index in [9.17, 15) is 35.9 Å². The van der Waals surface area contributed by atoms with Crippen molar-refractivity contribution in [2.24, 2.45) is 11.8 Å². The molecule has 0 aliphatic carbocycles. The zero-order chi connectivity index (χ0) is 25.8. The van der Waals surface area contributed by atoms with E-state index in [1.165, 1.54) is 5.38 Å². The lowest BCUT2D eigenvalue weighted by Gasteiger charge is -2.24. The highest BCUT2D eigenvalue weighted by molar-refractivity contribution is 7.09. The molecule has 0 fully saturated rings. The van der Waals surface area contributed by atoms with E-state index in [2.05, 4.69) is 10.3 Å². The van der Waals surface area contributed by atoms with E-state index in [1.54, 1.807) is 13.8 Å². The Morgan fingerprint density at radius 1 is 0.971 bits per heavy atom. The van der Waals surface area contributed by atoms with Crippen LogP contribution >= 0.6 is 11.3 Å². The van der Waals surface area contributed by atoms with Crippen LogP contribution in [0.1, 0.15) is 64.7 Å². The lowest BCUT2D eigenvalue weighted by Crippen LogP contribution is -2.34. The van der Waals surface area contributed by atoms with Gasteiger partial charge in [0.1, 0.15) is 10.7 Å². The maximum Gasteiger partial charge on any atom is 0.416 e. The number of aromatic nitrogens is 1. The van der Waals surface area contributed by atoms with E-state index in [0.717, 1.165) is 16.2 Å². The first kappa shape index (κ1) is 27.6. The van der Waals surface area contributed by atoms with Gasteiger partial charge in [-0.3, -0.25) is 9.59 Å². The Bertz CT molecular complexity index is 983. The first-order valence-corrected chi connectivity index (χ1v) is 11.3. The first-order chi connectivity index (χ1) is 15.6. The van der Waals surface area contributed by atoms with E-state index in [1.807, 2.05) is 13.8 Å². The Morgan fingerprint density at radius 3 is 2.00 bits per heavy atom. The van der Waals surface area contributed by atoms with Crippen molar-refractivity contribution in [2.75, 3.05) is 13.1 Å². The molecule has 0 aliphatic rings. The summed E-state index contributed by atoms with van der Waals surface area (Å²) in [5.41, 5.74) is -3.73. The summed E-state index contributed by atoms with van der Waals surface area (Å²) in [5.74, 6) is -1.32. The molecule has 1 aromatic carbocycles. The van der Waals surface area contributed by atoms with Crippen LogP contribution in [0.4, 0.5) is 26.3 Å². The molecule has 1 N–H and O–H groups in total. The number of amides is 2. The predicted octanol–water partition coefficient (Wildman–Crippen LogP) is 5.86. The van der Waals surface area contributed by atoms with Gasteiger partial charge < -0.3 is 10.2 Å². The third kappa shape index (κ3) is 7.71. The van der Waals surface area contributed by atoms with Crippen LogP contribution in [0.5, 0.6) is 0 Å². The topological polar surface area (TPSA) is 62.3 Å². The monoisotopic (exact) mass is 509 g/mol. The molecule has 0 saturated heterocycles.